The second-order valence-electron chi connectivity index (χ2n) is 4.06. The van der Waals surface area contributed by atoms with Crippen LogP contribution in [0, 0.1) is 13.8 Å². The first-order valence-electron chi connectivity index (χ1n) is 5.09. The molecule has 0 saturated heterocycles. The quantitative estimate of drug-likeness (QED) is 0.911. The SMILES string of the molecule is COC(C(=O)O)(c1cc(C)cc(C)c1)C(F)(F)F. The van der Waals surface area contributed by atoms with E-state index in [2.05, 4.69) is 4.74 Å². The van der Waals surface area contributed by atoms with Crippen LogP contribution in [0.2, 0.25) is 0 Å². The molecule has 1 rings (SSSR count). The van der Waals surface area contributed by atoms with E-state index in [1.165, 1.54) is 0 Å². The number of hydrogen-bond acceptors (Lipinski definition) is 2. The molecule has 0 saturated carbocycles. The predicted molar refractivity (Wildman–Crippen MR) is 58.3 cm³/mol. The van der Waals surface area contributed by atoms with Crippen LogP contribution in [0.4, 0.5) is 13.2 Å². The van der Waals surface area contributed by atoms with Crippen molar-refractivity contribution in [2.75, 3.05) is 7.11 Å². The van der Waals surface area contributed by atoms with Crippen molar-refractivity contribution in [1.82, 2.24) is 0 Å². The van der Waals surface area contributed by atoms with Gasteiger partial charge in [-0.3, -0.25) is 0 Å². The number of aryl methyl sites for hydroxylation is 2. The van der Waals surface area contributed by atoms with Crippen LogP contribution in [-0.2, 0) is 15.1 Å². The van der Waals surface area contributed by atoms with Gasteiger partial charge in [0.2, 0.25) is 0 Å². The number of aliphatic carboxylic acids is 1. The smallest absolute Gasteiger partial charge is 0.432 e. The highest BCUT2D eigenvalue weighted by atomic mass is 19.4. The van der Waals surface area contributed by atoms with Gasteiger partial charge in [0.15, 0.2) is 0 Å². The van der Waals surface area contributed by atoms with Crippen LogP contribution in [-0.4, -0.2) is 24.4 Å². The minimum Gasteiger partial charge on any atom is -0.479 e. The molecule has 0 aliphatic heterocycles. The molecule has 0 spiro atoms. The zero-order chi connectivity index (χ0) is 14.1. The molecule has 0 aromatic heterocycles. The first-order valence-corrected chi connectivity index (χ1v) is 5.09. The van der Waals surface area contributed by atoms with Crippen molar-refractivity contribution >= 4 is 5.97 Å². The lowest BCUT2D eigenvalue weighted by Gasteiger charge is -2.30. The summed E-state index contributed by atoms with van der Waals surface area (Å²) in [6.45, 7) is 3.18. The molecule has 1 aromatic carbocycles. The van der Waals surface area contributed by atoms with Crippen molar-refractivity contribution in [3.05, 3.63) is 34.9 Å². The highest BCUT2D eigenvalue weighted by molar-refractivity contribution is 5.81. The van der Waals surface area contributed by atoms with Crippen molar-refractivity contribution in [3.8, 4) is 0 Å². The van der Waals surface area contributed by atoms with Gasteiger partial charge in [0.25, 0.3) is 5.60 Å². The third-order valence-corrected chi connectivity index (χ3v) is 2.63. The van der Waals surface area contributed by atoms with Gasteiger partial charge in [0, 0.05) is 12.7 Å². The molecule has 3 nitrogen and oxygen atoms in total. The number of hydrogen-bond donors (Lipinski definition) is 1. The van der Waals surface area contributed by atoms with Crippen LogP contribution < -0.4 is 0 Å². The Morgan fingerprint density at radius 1 is 1.17 bits per heavy atom. The lowest BCUT2D eigenvalue weighted by molar-refractivity contribution is -0.273. The molecule has 6 heteroatoms. The van der Waals surface area contributed by atoms with Gasteiger partial charge in [-0.1, -0.05) is 29.3 Å². The Bertz CT molecular complexity index is 448. The zero-order valence-electron chi connectivity index (χ0n) is 10.1. The minimum atomic E-state index is -5.05. The molecule has 0 radical (unpaired) electrons. The Morgan fingerprint density at radius 2 is 1.61 bits per heavy atom. The zero-order valence-corrected chi connectivity index (χ0v) is 10.1. The summed E-state index contributed by atoms with van der Waals surface area (Å²) in [5, 5.41) is 8.95. The second kappa shape index (κ2) is 4.61. The lowest BCUT2D eigenvalue weighted by Crippen LogP contribution is -2.50. The highest BCUT2D eigenvalue weighted by Gasteiger charge is 2.63. The largest absolute Gasteiger partial charge is 0.479 e. The van der Waals surface area contributed by atoms with Crippen LogP contribution in [0.25, 0.3) is 0 Å². The van der Waals surface area contributed by atoms with E-state index in [0.717, 1.165) is 19.2 Å². The molecule has 0 fully saturated rings. The number of carboxylic acid groups (broad SMARTS) is 1. The third kappa shape index (κ3) is 2.20. The van der Waals surface area contributed by atoms with Crippen molar-refractivity contribution < 1.29 is 27.8 Å². The van der Waals surface area contributed by atoms with Crippen LogP contribution in [0.5, 0.6) is 0 Å². The summed E-state index contributed by atoms with van der Waals surface area (Å²) in [5.41, 5.74) is -2.68. The fourth-order valence-corrected chi connectivity index (χ4v) is 1.91. The van der Waals surface area contributed by atoms with Gasteiger partial charge < -0.3 is 9.84 Å². The number of ether oxygens (including phenoxy) is 1. The minimum absolute atomic E-state index is 0.428. The average molecular weight is 262 g/mol. The molecule has 18 heavy (non-hydrogen) atoms. The lowest BCUT2D eigenvalue weighted by atomic mass is 9.90. The van der Waals surface area contributed by atoms with E-state index in [-0.39, 0.29) is 0 Å². The second-order valence-corrected chi connectivity index (χ2v) is 4.06. The fourth-order valence-electron chi connectivity index (χ4n) is 1.91. The summed E-state index contributed by atoms with van der Waals surface area (Å²) in [6, 6.07) is 3.98. The Hall–Kier alpha value is -1.56. The molecule has 0 heterocycles. The Labute approximate surface area is 102 Å². The van der Waals surface area contributed by atoms with E-state index in [4.69, 9.17) is 5.11 Å². The number of alkyl halides is 3. The average Bonchev–Trinajstić information content (AvgIpc) is 2.14. The van der Waals surface area contributed by atoms with Gasteiger partial charge >= 0.3 is 12.1 Å². The predicted octanol–water partition coefficient (Wildman–Crippen LogP) is 2.79. The number of carbonyl (C=O) groups is 1. The standard InChI is InChI=1S/C12H13F3O3/c1-7-4-8(2)6-9(5-7)11(18-3,10(16)17)12(13,14)15/h4-6H,1-3H3,(H,16,17). The number of methoxy groups -OCH3 is 1. The fraction of sp³-hybridized carbons (Fsp3) is 0.417. The number of carboxylic acids is 1. The van der Waals surface area contributed by atoms with Crippen LogP contribution in [0.3, 0.4) is 0 Å². The van der Waals surface area contributed by atoms with E-state index in [1.54, 1.807) is 19.9 Å². The van der Waals surface area contributed by atoms with Crippen LogP contribution >= 0.6 is 0 Å². The molecule has 0 amide bonds. The van der Waals surface area contributed by atoms with Crippen molar-refractivity contribution in [2.45, 2.75) is 25.6 Å². The first kappa shape index (κ1) is 14.5. The van der Waals surface area contributed by atoms with E-state index < -0.39 is 23.3 Å². The molecule has 1 atom stereocenters. The van der Waals surface area contributed by atoms with E-state index in [1.807, 2.05) is 0 Å². The molecule has 1 N–H and O–H groups in total. The van der Waals surface area contributed by atoms with Crippen molar-refractivity contribution in [1.29, 1.82) is 0 Å². The Morgan fingerprint density at radius 3 is 1.89 bits per heavy atom. The molecular weight excluding hydrogens is 249 g/mol. The summed E-state index contributed by atoms with van der Waals surface area (Å²) >= 11 is 0. The Balaban J connectivity index is 3.58. The third-order valence-electron chi connectivity index (χ3n) is 2.63. The normalized spacial score (nSPS) is 15.2. The van der Waals surface area contributed by atoms with Gasteiger partial charge in [0.05, 0.1) is 0 Å². The summed E-state index contributed by atoms with van der Waals surface area (Å²) < 4.78 is 43.5. The maximum Gasteiger partial charge on any atom is 0.432 e. The van der Waals surface area contributed by atoms with Gasteiger partial charge in [-0.15, -0.1) is 0 Å². The molecule has 0 aliphatic carbocycles. The van der Waals surface area contributed by atoms with Crippen LogP contribution in [0.15, 0.2) is 18.2 Å². The monoisotopic (exact) mass is 262 g/mol. The molecule has 1 unspecified atom stereocenters. The summed E-state index contributed by atoms with van der Waals surface area (Å²) in [5.74, 6) is -2.08. The molecule has 0 aliphatic rings. The van der Waals surface area contributed by atoms with Gasteiger partial charge in [0.1, 0.15) is 0 Å². The van der Waals surface area contributed by atoms with Gasteiger partial charge in [-0.25, -0.2) is 4.79 Å². The van der Waals surface area contributed by atoms with E-state index in [0.29, 0.717) is 11.1 Å². The maximum atomic E-state index is 13.1. The molecule has 1 aromatic rings. The number of benzene rings is 1. The number of halogens is 3. The maximum absolute atomic E-state index is 13.1. The van der Waals surface area contributed by atoms with Crippen LogP contribution in [0.1, 0.15) is 16.7 Å². The number of rotatable bonds is 3. The van der Waals surface area contributed by atoms with Crippen molar-refractivity contribution in [2.24, 2.45) is 0 Å². The topological polar surface area (TPSA) is 46.5 Å². The highest BCUT2D eigenvalue weighted by Crippen LogP contribution is 2.42. The Kier molecular flexibility index (Phi) is 3.71. The summed E-state index contributed by atoms with van der Waals surface area (Å²) in [7, 11) is 0.735. The van der Waals surface area contributed by atoms with Crippen molar-refractivity contribution in [3.63, 3.8) is 0 Å². The van der Waals surface area contributed by atoms with Gasteiger partial charge in [-0.2, -0.15) is 13.2 Å². The van der Waals surface area contributed by atoms with E-state index >= 15 is 0 Å². The van der Waals surface area contributed by atoms with E-state index in [9.17, 15) is 18.0 Å². The van der Waals surface area contributed by atoms with Gasteiger partial charge in [-0.05, 0) is 13.8 Å². The molecule has 100 valence electrons. The first-order chi connectivity index (χ1) is 8.15. The summed E-state index contributed by atoms with van der Waals surface area (Å²) in [6.07, 6.45) is -5.05. The molecule has 0 bridgehead atoms. The summed E-state index contributed by atoms with van der Waals surface area (Å²) in [4.78, 5) is 11.1. The molecular formula is C12H13F3O3.